The summed E-state index contributed by atoms with van der Waals surface area (Å²) in [5, 5.41) is 19.6. The van der Waals surface area contributed by atoms with Gasteiger partial charge in [0.2, 0.25) is 5.91 Å². The number of nitrogens with zero attached hydrogens (tertiary/aromatic N) is 2. The van der Waals surface area contributed by atoms with E-state index in [1.54, 1.807) is 0 Å². The number of amides is 1. The van der Waals surface area contributed by atoms with E-state index in [0.29, 0.717) is 19.5 Å². The highest BCUT2D eigenvalue weighted by atomic mass is 16.3. The number of pyridine rings is 1. The van der Waals surface area contributed by atoms with Crippen LogP contribution in [-0.2, 0) is 17.8 Å². The van der Waals surface area contributed by atoms with Gasteiger partial charge in [0, 0.05) is 36.7 Å². The predicted octanol–water partition coefficient (Wildman–Crippen LogP) is 1.42. The first-order valence-corrected chi connectivity index (χ1v) is 8.00. The average molecular weight is 314 g/mol. The van der Waals surface area contributed by atoms with E-state index < -0.39 is 0 Å². The fourth-order valence-electron chi connectivity index (χ4n) is 3.28. The number of benzene rings is 1. The van der Waals surface area contributed by atoms with Crippen molar-refractivity contribution in [1.29, 1.82) is 0 Å². The molecular formula is C18H22N2O3. The van der Waals surface area contributed by atoms with Gasteiger partial charge in [0.25, 0.3) is 0 Å². The molecule has 0 radical (unpaired) electrons. The Kier molecular flexibility index (Phi) is 4.59. The van der Waals surface area contributed by atoms with Crippen molar-refractivity contribution < 1.29 is 15.0 Å². The number of carbonyl (C=O) groups excluding carboxylic acids is 1. The molecule has 1 aliphatic rings. The molecular weight excluding hydrogens is 292 g/mol. The molecule has 0 bridgehead atoms. The monoisotopic (exact) mass is 314 g/mol. The Hall–Kier alpha value is -1.98. The van der Waals surface area contributed by atoms with Crippen molar-refractivity contribution in [2.75, 3.05) is 19.7 Å². The molecule has 0 unspecified atom stereocenters. The zero-order chi connectivity index (χ0) is 16.4. The number of likely N-dealkylation sites (tertiary alicyclic amines) is 1. The minimum absolute atomic E-state index is 0.0401. The van der Waals surface area contributed by atoms with Crippen LogP contribution in [0.2, 0.25) is 0 Å². The van der Waals surface area contributed by atoms with Crippen molar-refractivity contribution in [3.05, 3.63) is 41.1 Å². The number of hydrogen-bond acceptors (Lipinski definition) is 4. The zero-order valence-corrected chi connectivity index (χ0v) is 13.3. The molecule has 1 amide bonds. The predicted molar refractivity (Wildman–Crippen MR) is 87.9 cm³/mol. The van der Waals surface area contributed by atoms with E-state index >= 15 is 0 Å². The molecule has 0 spiro atoms. The van der Waals surface area contributed by atoms with Crippen LogP contribution in [0.25, 0.3) is 10.9 Å². The Morgan fingerprint density at radius 1 is 1.35 bits per heavy atom. The molecule has 2 N–H and O–H groups in total. The summed E-state index contributed by atoms with van der Waals surface area (Å²) in [4.78, 5) is 18.9. The maximum atomic E-state index is 12.5. The largest absolute Gasteiger partial charge is 0.396 e. The number of aliphatic hydroxyl groups excluding tert-OH is 2. The van der Waals surface area contributed by atoms with Crippen LogP contribution in [0.1, 0.15) is 23.2 Å². The van der Waals surface area contributed by atoms with Gasteiger partial charge in [0.15, 0.2) is 0 Å². The Morgan fingerprint density at radius 2 is 2.17 bits per heavy atom. The fourth-order valence-corrected chi connectivity index (χ4v) is 3.28. The summed E-state index contributed by atoms with van der Waals surface area (Å²) in [5.74, 6) is 0.273. The van der Waals surface area contributed by atoms with Crippen LogP contribution in [0.4, 0.5) is 0 Å². The summed E-state index contributed by atoms with van der Waals surface area (Å²) in [6, 6.07) is 7.63. The molecule has 3 rings (SSSR count). The third kappa shape index (κ3) is 3.21. The molecule has 23 heavy (non-hydrogen) atoms. The summed E-state index contributed by atoms with van der Waals surface area (Å²) in [6.07, 6.45) is 1.17. The molecule has 1 aromatic carbocycles. The molecule has 1 aromatic heterocycles. The highest BCUT2D eigenvalue weighted by Crippen LogP contribution is 2.24. The quantitative estimate of drug-likeness (QED) is 0.895. The van der Waals surface area contributed by atoms with Gasteiger partial charge < -0.3 is 15.1 Å². The van der Waals surface area contributed by atoms with Crippen molar-refractivity contribution in [1.82, 2.24) is 9.88 Å². The Balaban J connectivity index is 1.88. The molecule has 1 fully saturated rings. The zero-order valence-electron chi connectivity index (χ0n) is 13.3. The van der Waals surface area contributed by atoms with E-state index in [1.807, 2.05) is 36.1 Å². The highest BCUT2D eigenvalue weighted by molar-refractivity contribution is 5.89. The van der Waals surface area contributed by atoms with Gasteiger partial charge in [-0.2, -0.15) is 0 Å². The fraction of sp³-hybridized carbons (Fsp3) is 0.444. The number of aliphatic hydroxyl groups is 2. The lowest BCUT2D eigenvalue weighted by Crippen LogP contribution is -2.30. The smallest absolute Gasteiger partial charge is 0.227 e. The van der Waals surface area contributed by atoms with Crippen molar-refractivity contribution in [2.24, 2.45) is 5.92 Å². The van der Waals surface area contributed by atoms with Crippen molar-refractivity contribution >= 4 is 16.8 Å². The third-order valence-electron chi connectivity index (χ3n) is 4.55. The molecule has 2 aromatic rings. The Morgan fingerprint density at radius 3 is 2.87 bits per heavy atom. The Bertz CT molecular complexity index is 730. The summed E-state index contributed by atoms with van der Waals surface area (Å²) in [5.41, 5.74) is 3.35. The third-order valence-corrected chi connectivity index (χ3v) is 4.55. The Labute approximate surface area is 135 Å². The first kappa shape index (κ1) is 15.9. The molecule has 0 saturated carbocycles. The number of aryl methyl sites for hydroxylation is 1. The first-order valence-electron chi connectivity index (χ1n) is 8.00. The van der Waals surface area contributed by atoms with Gasteiger partial charge in [-0.25, -0.2) is 0 Å². The maximum Gasteiger partial charge on any atom is 0.227 e. The molecule has 1 aliphatic heterocycles. The van der Waals surface area contributed by atoms with Crippen molar-refractivity contribution in [3.8, 4) is 0 Å². The summed E-state index contributed by atoms with van der Waals surface area (Å²) < 4.78 is 0. The number of carbonyl (C=O) groups is 1. The number of aromatic nitrogens is 1. The van der Waals surface area contributed by atoms with Crippen LogP contribution in [0.15, 0.2) is 24.3 Å². The number of para-hydroxylation sites is 1. The molecule has 2 heterocycles. The molecule has 1 saturated heterocycles. The van der Waals surface area contributed by atoms with Gasteiger partial charge in [-0.05, 0) is 30.5 Å². The van der Waals surface area contributed by atoms with Gasteiger partial charge in [-0.1, -0.05) is 18.2 Å². The van der Waals surface area contributed by atoms with Crippen LogP contribution in [0.5, 0.6) is 0 Å². The highest BCUT2D eigenvalue weighted by Gasteiger charge is 2.26. The summed E-state index contributed by atoms with van der Waals surface area (Å²) >= 11 is 0. The first-order chi connectivity index (χ1) is 11.1. The lowest BCUT2D eigenvalue weighted by Gasteiger charge is -2.17. The van der Waals surface area contributed by atoms with Crippen molar-refractivity contribution in [3.63, 3.8) is 0 Å². The second-order valence-electron chi connectivity index (χ2n) is 6.25. The normalized spacial score (nSPS) is 17.9. The van der Waals surface area contributed by atoms with Crippen LogP contribution >= 0.6 is 0 Å². The second kappa shape index (κ2) is 6.64. The van der Waals surface area contributed by atoms with Crippen LogP contribution in [0, 0.1) is 12.8 Å². The molecule has 0 aliphatic carbocycles. The van der Waals surface area contributed by atoms with E-state index in [9.17, 15) is 15.0 Å². The topological polar surface area (TPSA) is 73.7 Å². The van der Waals surface area contributed by atoms with E-state index in [-0.39, 0.29) is 25.0 Å². The minimum atomic E-state index is -0.0401. The van der Waals surface area contributed by atoms with E-state index in [0.717, 1.165) is 34.1 Å². The number of rotatable bonds is 4. The minimum Gasteiger partial charge on any atom is -0.396 e. The van der Waals surface area contributed by atoms with Gasteiger partial charge in [0.05, 0.1) is 18.5 Å². The average Bonchev–Trinajstić information content (AvgIpc) is 3.04. The van der Waals surface area contributed by atoms with Crippen LogP contribution in [-0.4, -0.2) is 45.7 Å². The van der Waals surface area contributed by atoms with E-state index in [4.69, 9.17) is 0 Å². The second-order valence-corrected chi connectivity index (χ2v) is 6.25. The lowest BCUT2D eigenvalue weighted by atomic mass is 10.0. The molecule has 5 heteroatoms. The maximum absolute atomic E-state index is 12.5. The van der Waals surface area contributed by atoms with Crippen molar-refractivity contribution in [2.45, 2.75) is 26.4 Å². The van der Waals surface area contributed by atoms with Gasteiger partial charge in [-0.15, -0.1) is 0 Å². The van der Waals surface area contributed by atoms with Crippen LogP contribution < -0.4 is 0 Å². The van der Waals surface area contributed by atoms with Gasteiger partial charge in [0.1, 0.15) is 0 Å². The van der Waals surface area contributed by atoms with E-state index in [1.165, 1.54) is 0 Å². The van der Waals surface area contributed by atoms with Gasteiger partial charge >= 0.3 is 0 Å². The van der Waals surface area contributed by atoms with E-state index in [2.05, 4.69) is 4.98 Å². The molecule has 5 nitrogen and oxygen atoms in total. The SMILES string of the molecule is Cc1cc(CO)c2cccc(CC(=O)N3CC[C@@H](CO)C3)c2n1. The summed E-state index contributed by atoms with van der Waals surface area (Å²) in [7, 11) is 0. The van der Waals surface area contributed by atoms with Gasteiger partial charge in [-0.3, -0.25) is 9.78 Å². The standard InChI is InChI=1S/C18H22N2O3/c1-12-7-15(11-22)16-4-2-3-14(18(16)19-12)8-17(23)20-6-5-13(9-20)10-21/h2-4,7,13,21-22H,5-6,8-11H2,1H3/t13-/m1/s1. The lowest BCUT2D eigenvalue weighted by molar-refractivity contribution is -0.129. The number of fused-ring (bicyclic) bond motifs is 1. The van der Waals surface area contributed by atoms with Crippen LogP contribution in [0.3, 0.4) is 0 Å². The number of hydrogen-bond donors (Lipinski definition) is 2. The molecule has 122 valence electrons. The molecule has 1 atom stereocenters. The summed E-state index contributed by atoms with van der Waals surface area (Å²) in [6.45, 7) is 3.33.